The van der Waals surface area contributed by atoms with Crippen LogP contribution in [0.3, 0.4) is 0 Å². The van der Waals surface area contributed by atoms with Gasteiger partial charge in [-0.15, -0.1) is 0 Å². The molecule has 0 saturated heterocycles. The largest absolute Gasteiger partial charge is 0.492 e. The summed E-state index contributed by atoms with van der Waals surface area (Å²) in [5.74, 6) is 0.345. The fourth-order valence-electron chi connectivity index (χ4n) is 2.82. The van der Waals surface area contributed by atoms with E-state index in [1.807, 2.05) is 7.05 Å². The molecule has 0 unspecified atom stereocenters. The Morgan fingerprint density at radius 2 is 1.95 bits per heavy atom. The third kappa shape index (κ3) is 5.64. The average molecular weight is 308 g/mol. The lowest BCUT2D eigenvalue weighted by Gasteiger charge is -2.30. The van der Waals surface area contributed by atoms with Crippen molar-refractivity contribution in [1.82, 2.24) is 10.2 Å². The maximum absolute atomic E-state index is 12.7. The second-order valence-electron chi connectivity index (χ2n) is 5.86. The van der Waals surface area contributed by atoms with Crippen LogP contribution >= 0.6 is 0 Å². The highest BCUT2D eigenvalue weighted by molar-refractivity contribution is 5.77. The Hall–Kier alpha value is -1.62. The second kappa shape index (κ2) is 8.73. The molecule has 1 aliphatic carbocycles. The third-order valence-corrected chi connectivity index (χ3v) is 4.10. The normalized spacial score (nSPS) is 15.8. The van der Waals surface area contributed by atoms with Crippen LogP contribution in [0.15, 0.2) is 24.3 Å². The number of hydrogen-bond donors (Lipinski definition) is 1. The van der Waals surface area contributed by atoms with Crippen LogP contribution in [0.4, 0.5) is 4.39 Å². The van der Waals surface area contributed by atoms with E-state index in [1.54, 1.807) is 12.1 Å². The van der Waals surface area contributed by atoms with Gasteiger partial charge in [-0.1, -0.05) is 19.3 Å². The van der Waals surface area contributed by atoms with Crippen molar-refractivity contribution in [2.75, 3.05) is 26.7 Å². The molecule has 0 aromatic heterocycles. The number of halogens is 1. The van der Waals surface area contributed by atoms with Crippen LogP contribution in [0, 0.1) is 5.82 Å². The van der Waals surface area contributed by atoms with Gasteiger partial charge in [0.15, 0.2) is 0 Å². The zero-order valence-corrected chi connectivity index (χ0v) is 13.2. The molecule has 0 radical (unpaired) electrons. The van der Waals surface area contributed by atoms with Crippen LogP contribution in [0.1, 0.15) is 32.1 Å². The van der Waals surface area contributed by atoms with Gasteiger partial charge >= 0.3 is 0 Å². The summed E-state index contributed by atoms with van der Waals surface area (Å²) < 4.78 is 18.2. The van der Waals surface area contributed by atoms with E-state index < -0.39 is 0 Å². The van der Waals surface area contributed by atoms with Crippen LogP contribution < -0.4 is 10.1 Å². The van der Waals surface area contributed by atoms with Gasteiger partial charge in [0.2, 0.25) is 5.91 Å². The zero-order chi connectivity index (χ0) is 15.8. The maximum atomic E-state index is 12.7. The van der Waals surface area contributed by atoms with Crippen molar-refractivity contribution in [2.45, 2.75) is 38.1 Å². The van der Waals surface area contributed by atoms with Gasteiger partial charge in [0, 0.05) is 6.04 Å². The highest BCUT2D eigenvalue weighted by atomic mass is 19.1. The number of ether oxygens (including phenoxy) is 1. The highest BCUT2D eigenvalue weighted by Gasteiger charge is 2.19. The summed E-state index contributed by atoms with van der Waals surface area (Å²) >= 11 is 0. The molecule has 122 valence electrons. The van der Waals surface area contributed by atoms with Gasteiger partial charge in [0.25, 0.3) is 0 Å². The molecule has 1 aliphatic rings. The Morgan fingerprint density at radius 3 is 2.64 bits per heavy atom. The number of hydrogen-bond acceptors (Lipinski definition) is 3. The summed E-state index contributed by atoms with van der Waals surface area (Å²) in [6.45, 7) is 1.26. The number of nitrogens with zero attached hydrogens (tertiary/aromatic N) is 1. The molecule has 5 heteroatoms. The molecule has 1 fully saturated rings. The molecule has 22 heavy (non-hydrogen) atoms. The monoisotopic (exact) mass is 308 g/mol. The SMILES string of the molecule is CN(CC(=O)NCCOc1ccc(F)cc1)C1CCCCC1. The van der Waals surface area contributed by atoms with Gasteiger partial charge in [-0.25, -0.2) is 4.39 Å². The van der Waals surface area contributed by atoms with Crippen LogP contribution in [0.2, 0.25) is 0 Å². The Kier molecular flexibility index (Phi) is 6.65. The lowest BCUT2D eigenvalue weighted by atomic mass is 9.94. The van der Waals surface area contributed by atoms with E-state index >= 15 is 0 Å². The van der Waals surface area contributed by atoms with Gasteiger partial charge in [-0.3, -0.25) is 9.69 Å². The number of carbonyl (C=O) groups excluding carboxylic acids is 1. The standard InChI is InChI=1S/C17H25FN2O2/c1-20(15-5-3-2-4-6-15)13-17(21)19-11-12-22-16-9-7-14(18)8-10-16/h7-10,15H,2-6,11-13H2,1H3,(H,19,21). The van der Waals surface area contributed by atoms with Crippen molar-refractivity contribution in [3.05, 3.63) is 30.1 Å². The van der Waals surface area contributed by atoms with Gasteiger partial charge < -0.3 is 10.1 Å². The first-order chi connectivity index (χ1) is 10.6. The summed E-state index contributed by atoms with van der Waals surface area (Å²) in [6.07, 6.45) is 6.23. The van der Waals surface area contributed by atoms with Gasteiger partial charge in [0.05, 0.1) is 13.1 Å². The Bertz CT molecular complexity index is 458. The summed E-state index contributed by atoms with van der Waals surface area (Å²) in [6, 6.07) is 6.40. The molecule has 1 saturated carbocycles. The zero-order valence-electron chi connectivity index (χ0n) is 13.2. The number of nitrogens with one attached hydrogen (secondary N) is 1. The predicted octanol–water partition coefficient (Wildman–Crippen LogP) is 2.59. The average Bonchev–Trinajstić information content (AvgIpc) is 2.54. The number of benzene rings is 1. The highest BCUT2D eigenvalue weighted by Crippen LogP contribution is 2.21. The molecule has 0 heterocycles. The van der Waals surface area contributed by atoms with E-state index in [4.69, 9.17) is 4.74 Å². The quantitative estimate of drug-likeness (QED) is 0.787. The molecular weight excluding hydrogens is 283 g/mol. The minimum Gasteiger partial charge on any atom is -0.492 e. The third-order valence-electron chi connectivity index (χ3n) is 4.10. The molecule has 0 bridgehead atoms. The minimum atomic E-state index is -0.286. The lowest BCUT2D eigenvalue weighted by Crippen LogP contribution is -2.42. The van der Waals surface area contributed by atoms with Crippen LogP contribution in [-0.2, 0) is 4.79 Å². The summed E-state index contributed by atoms with van der Waals surface area (Å²) in [5.41, 5.74) is 0. The number of carbonyl (C=O) groups is 1. The van der Waals surface area contributed by atoms with Crippen molar-refractivity contribution in [1.29, 1.82) is 0 Å². The first kappa shape index (κ1) is 16.7. The van der Waals surface area contributed by atoms with Crippen molar-refractivity contribution in [2.24, 2.45) is 0 Å². The second-order valence-corrected chi connectivity index (χ2v) is 5.86. The molecule has 2 rings (SSSR count). The molecule has 4 nitrogen and oxygen atoms in total. The number of amides is 1. The predicted molar refractivity (Wildman–Crippen MR) is 84.4 cm³/mol. The van der Waals surface area contributed by atoms with Gasteiger partial charge in [0.1, 0.15) is 18.2 Å². The van der Waals surface area contributed by atoms with Crippen LogP contribution in [0.25, 0.3) is 0 Å². The Morgan fingerprint density at radius 1 is 1.27 bits per heavy atom. The molecular formula is C17H25FN2O2. The molecule has 1 amide bonds. The maximum Gasteiger partial charge on any atom is 0.234 e. The Balaban J connectivity index is 1.60. The molecule has 1 aromatic carbocycles. The Labute approximate surface area is 131 Å². The van der Waals surface area contributed by atoms with Crippen LogP contribution in [-0.4, -0.2) is 43.6 Å². The number of rotatable bonds is 7. The summed E-state index contributed by atoms with van der Waals surface area (Å²) in [7, 11) is 2.02. The molecule has 0 spiro atoms. The topological polar surface area (TPSA) is 41.6 Å². The molecule has 1 N–H and O–H groups in total. The molecule has 1 aromatic rings. The van der Waals surface area contributed by atoms with E-state index in [9.17, 15) is 9.18 Å². The van der Waals surface area contributed by atoms with E-state index in [-0.39, 0.29) is 11.7 Å². The number of likely N-dealkylation sites (N-methyl/N-ethyl adjacent to an activating group) is 1. The van der Waals surface area contributed by atoms with Gasteiger partial charge in [-0.05, 0) is 44.2 Å². The van der Waals surface area contributed by atoms with E-state index in [1.165, 1.54) is 44.2 Å². The van der Waals surface area contributed by atoms with Gasteiger partial charge in [-0.2, -0.15) is 0 Å². The minimum absolute atomic E-state index is 0.0239. The smallest absolute Gasteiger partial charge is 0.234 e. The van der Waals surface area contributed by atoms with E-state index in [0.717, 1.165) is 0 Å². The summed E-state index contributed by atoms with van der Waals surface area (Å²) in [4.78, 5) is 14.0. The lowest BCUT2D eigenvalue weighted by molar-refractivity contribution is -0.122. The molecule has 0 atom stereocenters. The fourth-order valence-corrected chi connectivity index (χ4v) is 2.82. The first-order valence-electron chi connectivity index (χ1n) is 8.00. The van der Waals surface area contributed by atoms with Crippen molar-refractivity contribution >= 4 is 5.91 Å². The van der Waals surface area contributed by atoms with Crippen molar-refractivity contribution in [3.63, 3.8) is 0 Å². The van der Waals surface area contributed by atoms with Crippen LogP contribution in [0.5, 0.6) is 5.75 Å². The molecule has 0 aliphatic heterocycles. The fraction of sp³-hybridized carbons (Fsp3) is 0.588. The van der Waals surface area contributed by atoms with E-state index in [0.29, 0.717) is 31.5 Å². The van der Waals surface area contributed by atoms with Crippen molar-refractivity contribution in [3.8, 4) is 5.75 Å². The summed E-state index contributed by atoms with van der Waals surface area (Å²) in [5, 5.41) is 2.85. The van der Waals surface area contributed by atoms with E-state index in [2.05, 4.69) is 10.2 Å². The van der Waals surface area contributed by atoms with Crippen molar-refractivity contribution < 1.29 is 13.9 Å². The first-order valence-corrected chi connectivity index (χ1v) is 8.00.